The maximum atomic E-state index is 12.2. The van der Waals surface area contributed by atoms with Gasteiger partial charge in [0.1, 0.15) is 0 Å². The molecule has 0 N–H and O–H groups in total. The second kappa shape index (κ2) is 4.69. The van der Waals surface area contributed by atoms with Crippen LogP contribution in [0.3, 0.4) is 0 Å². The van der Waals surface area contributed by atoms with Crippen molar-refractivity contribution in [2.45, 2.75) is 32.6 Å². The molecule has 0 fully saturated rings. The lowest BCUT2D eigenvalue weighted by Gasteiger charge is -2.00. The number of hydrogen-bond acceptors (Lipinski definition) is 2. The number of carbonyl (C=O) groups is 1. The largest absolute Gasteiger partial charge is 0.293 e. The fraction of sp³-hybridized carbons (Fsp3) is 0.312. The maximum Gasteiger partial charge on any atom is 0.177 e. The molecule has 1 aromatic heterocycles. The van der Waals surface area contributed by atoms with Crippen molar-refractivity contribution >= 4 is 17.1 Å². The smallest absolute Gasteiger partial charge is 0.177 e. The van der Waals surface area contributed by atoms with Crippen molar-refractivity contribution in [3.63, 3.8) is 0 Å². The minimum absolute atomic E-state index is 0.262. The summed E-state index contributed by atoms with van der Waals surface area (Å²) in [6.45, 7) is 2.06. The molecular formula is C16H16OS. The molecule has 0 atom stereocenters. The molecule has 2 aromatic rings. The number of ketones is 1. The van der Waals surface area contributed by atoms with Gasteiger partial charge in [-0.2, -0.15) is 0 Å². The van der Waals surface area contributed by atoms with Crippen LogP contribution in [0.25, 0.3) is 0 Å². The van der Waals surface area contributed by atoms with Gasteiger partial charge in [0.2, 0.25) is 0 Å². The second-order valence-electron chi connectivity index (χ2n) is 5.00. The number of benzene rings is 1. The summed E-state index contributed by atoms with van der Waals surface area (Å²) in [5.74, 6) is 0.262. The Balaban J connectivity index is 1.76. The van der Waals surface area contributed by atoms with E-state index in [1.165, 1.54) is 22.4 Å². The Morgan fingerprint density at radius 1 is 1.22 bits per heavy atom. The standard InChI is InChI=1S/C16H16OS/c1-11-5-7-12(8-6-11)9-14(17)16-10-13-3-2-4-15(13)18-16/h5-8,10H,2-4,9H2,1H3. The molecule has 92 valence electrons. The maximum absolute atomic E-state index is 12.2. The molecule has 0 spiro atoms. The van der Waals surface area contributed by atoms with E-state index in [1.807, 2.05) is 0 Å². The summed E-state index contributed by atoms with van der Waals surface area (Å²) in [7, 11) is 0. The van der Waals surface area contributed by atoms with E-state index in [0.717, 1.165) is 23.3 Å². The monoisotopic (exact) mass is 256 g/mol. The molecule has 0 unspecified atom stereocenters. The van der Waals surface area contributed by atoms with Crippen molar-refractivity contribution in [1.29, 1.82) is 0 Å². The third-order valence-corrected chi connectivity index (χ3v) is 4.78. The zero-order chi connectivity index (χ0) is 12.5. The minimum Gasteiger partial charge on any atom is -0.293 e. The molecule has 1 heterocycles. The fourth-order valence-corrected chi connectivity index (χ4v) is 3.64. The van der Waals surface area contributed by atoms with Gasteiger partial charge >= 0.3 is 0 Å². The van der Waals surface area contributed by atoms with Crippen LogP contribution >= 0.6 is 11.3 Å². The van der Waals surface area contributed by atoms with Crippen LogP contribution in [0.5, 0.6) is 0 Å². The average molecular weight is 256 g/mol. The minimum atomic E-state index is 0.262. The van der Waals surface area contributed by atoms with E-state index in [4.69, 9.17) is 0 Å². The van der Waals surface area contributed by atoms with Gasteiger partial charge in [0.25, 0.3) is 0 Å². The van der Waals surface area contributed by atoms with E-state index in [0.29, 0.717) is 6.42 Å². The van der Waals surface area contributed by atoms with Gasteiger partial charge in [-0.3, -0.25) is 4.79 Å². The van der Waals surface area contributed by atoms with Crippen LogP contribution < -0.4 is 0 Å². The Morgan fingerprint density at radius 2 is 2.00 bits per heavy atom. The Morgan fingerprint density at radius 3 is 2.72 bits per heavy atom. The quantitative estimate of drug-likeness (QED) is 0.759. The van der Waals surface area contributed by atoms with E-state index < -0.39 is 0 Å². The molecule has 0 bridgehead atoms. The van der Waals surface area contributed by atoms with E-state index in [1.54, 1.807) is 11.3 Å². The number of aryl methyl sites for hydroxylation is 3. The first-order valence-electron chi connectivity index (χ1n) is 6.43. The topological polar surface area (TPSA) is 17.1 Å². The third-order valence-electron chi connectivity index (χ3n) is 3.51. The molecule has 0 saturated heterocycles. The van der Waals surface area contributed by atoms with Crippen LogP contribution in [0, 0.1) is 6.92 Å². The number of carbonyl (C=O) groups excluding carboxylic acids is 1. The van der Waals surface area contributed by atoms with Crippen LogP contribution in [0.2, 0.25) is 0 Å². The van der Waals surface area contributed by atoms with E-state index in [-0.39, 0.29) is 5.78 Å². The first kappa shape index (κ1) is 11.7. The molecule has 0 radical (unpaired) electrons. The molecule has 0 saturated carbocycles. The SMILES string of the molecule is Cc1ccc(CC(=O)c2cc3c(s2)CCC3)cc1. The Hall–Kier alpha value is -1.41. The van der Waals surface area contributed by atoms with Gasteiger partial charge in [-0.25, -0.2) is 0 Å². The lowest BCUT2D eigenvalue weighted by atomic mass is 10.1. The van der Waals surface area contributed by atoms with Gasteiger partial charge in [0, 0.05) is 11.3 Å². The van der Waals surface area contributed by atoms with Crippen molar-refractivity contribution in [2.75, 3.05) is 0 Å². The molecule has 1 aromatic carbocycles. The van der Waals surface area contributed by atoms with Crippen LogP contribution in [0.4, 0.5) is 0 Å². The average Bonchev–Trinajstić information content (AvgIpc) is 2.92. The van der Waals surface area contributed by atoms with Crippen molar-refractivity contribution < 1.29 is 4.79 Å². The molecule has 1 nitrogen and oxygen atoms in total. The predicted octanol–water partition coefficient (Wildman–Crippen LogP) is 3.97. The van der Waals surface area contributed by atoms with Crippen molar-refractivity contribution in [3.05, 3.63) is 56.8 Å². The molecule has 0 amide bonds. The highest BCUT2D eigenvalue weighted by Crippen LogP contribution is 2.31. The van der Waals surface area contributed by atoms with Gasteiger partial charge in [0.15, 0.2) is 5.78 Å². The fourth-order valence-electron chi connectivity index (χ4n) is 2.44. The summed E-state index contributed by atoms with van der Waals surface area (Å²) in [5.41, 5.74) is 3.76. The number of thiophene rings is 1. The summed E-state index contributed by atoms with van der Waals surface area (Å²) in [5, 5.41) is 0. The van der Waals surface area contributed by atoms with Crippen molar-refractivity contribution in [2.24, 2.45) is 0 Å². The van der Waals surface area contributed by atoms with Gasteiger partial charge in [-0.15, -0.1) is 11.3 Å². The Bertz CT molecular complexity index is 556. The summed E-state index contributed by atoms with van der Waals surface area (Å²) in [6.07, 6.45) is 4.11. The van der Waals surface area contributed by atoms with Crippen LogP contribution in [0.1, 0.15) is 37.7 Å². The highest BCUT2D eigenvalue weighted by Gasteiger charge is 2.18. The first-order valence-corrected chi connectivity index (χ1v) is 7.24. The lowest BCUT2D eigenvalue weighted by Crippen LogP contribution is -2.01. The van der Waals surface area contributed by atoms with Crippen molar-refractivity contribution in [1.82, 2.24) is 0 Å². The summed E-state index contributed by atoms with van der Waals surface area (Å²) >= 11 is 1.70. The zero-order valence-electron chi connectivity index (χ0n) is 10.5. The van der Waals surface area contributed by atoms with Crippen molar-refractivity contribution in [3.8, 4) is 0 Å². The first-order chi connectivity index (χ1) is 8.72. The Labute approximate surface area is 111 Å². The lowest BCUT2D eigenvalue weighted by molar-refractivity contribution is 0.0997. The molecule has 18 heavy (non-hydrogen) atoms. The van der Waals surface area contributed by atoms with Crippen LogP contribution in [0.15, 0.2) is 30.3 Å². The summed E-state index contributed by atoms with van der Waals surface area (Å²) < 4.78 is 0. The number of rotatable bonds is 3. The van der Waals surface area contributed by atoms with Gasteiger partial charge in [-0.05, 0) is 43.4 Å². The van der Waals surface area contributed by atoms with E-state index >= 15 is 0 Å². The van der Waals surface area contributed by atoms with Gasteiger partial charge < -0.3 is 0 Å². The Kier molecular flexibility index (Phi) is 3.04. The number of fused-ring (bicyclic) bond motifs is 1. The second-order valence-corrected chi connectivity index (χ2v) is 6.13. The third kappa shape index (κ3) is 2.25. The predicted molar refractivity (Wildman–Crippen MR) is 75.6 cm³/mol. The van der Waals surface area contributed by atoms with E-state index in [9.17, 15) is 4.79 Å². The molecular weight excluding hydrogens is 240 g/mol. The van der Waals surface area contributed by atoms with Gasteiger partial charge in [-0.1, -0.05) is 29.8 Å². The van der Waals surface area contributed by atoms with Crippen LogP contribution in [-0.4, -0.2) is 5.78 Å². The highest BCUT2D eigenvalue weighted by atomic mass is 32.1. The van der Waals surface area contributed by atoms with Crippen LogP contribution in [-0.2, 0) is 19.3 Å². The molecule has 3 rings (SSSR count). The summed E-state index contributed by atoms with van der Waals surface area (Å²) in [6, 6.07) is 10.3. The number of hydrogen-bond donors (Lipinski definition) is 0. The zero-order valence-corrected chi connectivity index (χ0v) is 11.3. The molecule has 1 aliphatic carbocycles. The van der Waals surface area contributed by atoms with Gasteiger partial charge in [0.05, 0.1) is 4.88 Å². The molecule has 0 aliphatic heterocycles. The summed E-state index contributed by atoms with van der Waals surface area (Å²) in [4.78, 5) is 14.6. The molecule has 1 aliphatic rings. The normalized spacial score (nSPS) is 13.6. The van der Waals surface area contributed by atoms with E-state index in [2.05, 4.69) is 37.3 Å². The highest BCUT2D eigenvalue weighted by molar-refractivity contribution is 7.14. The number of Topliss-reactive ketones (excluding diaryl/α,β-unsaturated/α-hetero) is 1. The molecule has 2 heteroatoms.